The molecule has 21 heavy (non-hydrogen) atoms. The van der Waals surface area contributed by atoms with Crippen LogP contribution in [0, 0.1) is 5.92 Å². The summed E-state index contributed by atoms with van der Waals surface area (Å²) < 4.78 is 1.82. The van der Waals surface area contributed by atoms with Crippen LogP contribution in [-0.2, 0) is 6.54 Å². The molecule has 1 amide bonds. The maximum atomic E-state index is 12.5. The summed E-state index contributed by atoms with van der Waals surface area (Å²) in [6, 6.07) is 1.66. The van der Waals surface area contributed by atoms with Gasteiger partial charge in [0.2, 0.25) is 0 Å². The molecule has 7 heteroatoms. The van der Waals surface area contributed by atoms with E-state index in [-0.39, 0.29) is 5.91 Å². The number of hydrogen-bond acceptors (Lipinski definition) is 4. The minimum atomic E-state index is -0.00621. The predicted molar refractivity (Wildman–Crippen MR) is 77.9 cm³/mol. The van der Waals surface area contributed by atoms with Crippen molar-refractivity contribution in [2.75, 3.05) is 13.1 Å². The standard InChI is InChI=1S/C14H16ClN5O/c15-13-4-12(5-16-6-13)14(21)19-3-1-2-11(7-19)8-20-10-17-9-18-20/h4-6,9-11H,1-3,7-8H2. The molecule has 3 rings (SSSR count). The van der Waals surface area contributed by atoms with Crippen LogP contribution in [0.25, 0.3) is 0 Å². The van der Waals surface area contributed by atoms with Gasteiger partial charge < -0.3 is 4.90 Å². The van der Waals surface area contributed by atoms with Crippen LogP contribution >= 0.6 is 11.6 Å². The van der Waals surface area contributed by atoms with Crippen molar-refractivity contribution in [3.63, 3.8) is 0 Å². The predicted octanol–water partition coefficient (Wildman–Crippen LogP) is 1.88. The fourth-order valence-corrected chi connectivity index (χ4v) is 2.88. The summed E-state index contributed by atoms with van der Waals surface area (Å²) in [4.78, 5) is 22.3. The van der Waals surface area contributed by atoms with E-state index in [1.807, 2.05) is 9.58 Å². The minimum Gasteiger partial charge on any atom is -0.338 e. The topological polar surface area (TPSA) is 63.9 Å². The van der Waals surface area contributed by atoms with Gasteiger partial charge in [-0.15, -0.1) is 0 Å². The summed E-state index contributed by atoms with van der Waals surface area (Å²) >= 11 is 5.90. The molecule has 0 aromatic carbocycles. The fraction of sp³-hybridized carbons (Fsp3) is 0.429. The maximum Gasteiger partial charge on any atom is 0.255 e. The van der Waals surface area contributed by atoms with Crippen molar-refractivity contribution >= 4 is 17.5 Å². The van der Waals surface area contributed by atoms with E-state index in [1.54, 1.807) is 18.6 Å². The van der Waals surface area contributed by atoms with Gasteiger partial charge in [-0.3, -0.25) is 14.5 Å². The van der Waals surface area contributed by atoms with Crippen LogP contribution < -0.4 is 0 Å². The van der Waals surface area contributed by atoms with E-state index in [4.69, 9.17) is 11.6 Å². The number of likely N-dealkylation sites (tertiary alicyclic amines) is 1. The molecule has 0 bridgehead atoms. The number of halogens is 1. The molecule has 2 aromatic heterocycles. The third-order valence-electron chi connectivity index (χ3n) is 3.67. The number of carbonyl (C=O) groups excluding carboxylic acids is 1. The number of pyridine rings is 1. The Hall–Kier alpha value is -1.95. The van der Waals surface area contributed by atoms with Gasteiger partial charge in [0.15, 0.2) is 0 Å². The largest absolute Gasteiger partial charge is 0.338 e. The van der Waals surface area contributed by atoms with Crippen LogP contribution in [0.4, 0.5) is 0 Å². The molecule has 0 aliphatic carbocycles. The first kappa shape index (κ1) is 14.0. The molecule has 1 unspecified atom stereocenters. The highest BCUT2D eigenvalue weighted by molar-refractivity contribution is 6.30. The normalized spacial score (nSPS) is 18.7. The van der Waals surface area contributed by atoms with Gasteiger partial charge in [-0.05, 0) is 24.8 Å². The molecule has 6 nitrogen and oxygen atoms in total. The molecule has 2 aromatic rings. The van der Waals surface area contributed by atoms with Crippen molar-refractivity contribution in [2.45, 2.75) is 19.4 Å². The van der Waals surface area contributed by atoms with Crippen LogP contribution in [0.3, 0.4) is 0 Å². The zero-order valence-electron chi connectivity index (χ0n) is 11.5. The van der Waals surface area contributed by atoms with Gasteiger partial charge in [0.25, 0.3) is 5.91 Å². The Balaban J connectivity index is 1.66. The monoisotopic (exact) mass is 305 g/mol. The molecule has 1 atom stereocenters. The first-order valence-corrected chi connectivity index (χ1v) is 7.32. The van der Waals surface area contributed by atoms with E-state index in [2.05, 4.69) is 15.1 Å². The molecule has 1 fully saturated rings. The Kier molecular flexibility index (Phi) is 4.15. The fourth-order valence-electron chi connectivity index (χ4n) is 2.70. The summed E-state index contributed by atoms with van der Waals surface area (Å²) in [5, 5.41) is 4.61. The summed E-state index contributed by atoms with van der Waals surface area (Å²) in [6.07, 6.45) is 8.43. The highest BCUT2D eigenvalue weighted by Crippen LogP contribution is 2.20. The zero-order valence-corrected chi connectivity index (χ0v) is 12.3. The average Bonchev–Trinajstić information content (AvgIpc) is 3.00. The van der Waals surface area contributed by atoms with Crippen LogP contribution in [0.1, 0.15) is 23.2 Å². The third kappa shape index (κ3) is 3.39. The van der Waals surface area contributed by atoms with E-state index in [0.717, 1.165) is 32.5 Å². The molecule has 3 heterocycles. The second-order valence-corrected chi connectivity index (χ2v) is 5.71. The van der Waals surface area contributed by atoms with Gasteiger partial charge in [-0.1, -0.05) is 11.6 Å². The summed E-state index contributed by atoms with van der Waals surface area (Å²) in [7, 11) is 0. The van der Waals surface area contributed by atoms with Crippen molar-refractivity contribution in [1.82, 2.24) is 24.6 Å². The molecule has 1 aliphatic rings. The number of amides is 1. The molecule has 110 valence electrons. The number of hydrogen-bond donors (Lipinski definition) is 0. The van der Waals surface area contributed by atoms with Crippen molar-refractivity contribution in [3.8, 4) is 0 Å². The lowest BCUT2D eigenvalue weighted by molar-refractivity contribution is 0.0659. The smallest absolute Gasteiger partial charge is 0.255 e. The van der Waals surface area contributed by atoms with Crippen molar-refractivity contribution in [3.05, 3.63) is 41.7 Å². The van der Waals surface area contributed by atoms with Gasteiger partial charge in [-0.2, -0.15) is 5.10 Å². The van der Waals surface area contributed by atoms with Crippen molar-refractivity contribution < 1.29 is 4.79 Å². The van der Waals surface area contributed by atoms with E-state index in [9.17, 15) is 4.79 Å². The second-order valence-electron chi connectivity index (χ2n) is 5.27. The first-order valence-electron chi connectivity index (χ1n) is 6.94. The van der Waals surface area contributed by atoms with E-state index in [0.29, 0.717) is 16.5 Å². The SMILES string of the molecule is O=C(c1cncc(Cl)c1)N1CCCC(Cn2cncn2)C1. The Bertz CT molecular complexity index is 616. The molecule has 0 radical (unpaired) electrons. The molecular weight excluding hydrogens is 290 g/mol. The van der Waals surface area contributed by atoms with Crippen molar-refractivity contribution in [2.24, 2.45) is 5.92 Å². The Labute approximate surface area is 127 Å². The Morgan fingerprint density at radius 1 is 1.38 bits per heavy atom. The highest BCUT2D eigenvalue weighted by Gasteiger charge is 2.25. The lowest BCUT2D eigenvalue weighted by Gasteiger charge is -2.32. The third-order valence-corrected chi connectivity index (χ3v) is 3.88. The van der Waals surface area contributed by atoms with Gasteiger partial charge >= 0.3 is 0 Å². The van der Waals surface area contributed by atoms with E-state index < -0.39 is 0 Å². The molecule has 0 spiro atoms. The number of rotatable bonds is 3. The molecular formula is C14H16ClN5O. The number of aromatic nitrogens is 4. The van der Waals surface area contributed by atoms with Crippen LogP contribution in [0.5, 0.6) is 0 Å². The average molecular weight is 306 g/mol. The number of nitrogens with zero attached hydrogens (tertiary/aromatic N) is 5. The summed E-state index contributed by atoms with van der Waals surface area (Å²) in [6.45, 7) is 2.29. The minimum absolute atomic E-state index is 0.00621. The van der Waals surface area contributed by atoms with E-state index in [1.165, 1.54) is 12.5 Å². The second kappa shape index (κ2) is 6.22. The quantitative estimate of drug-likeness (QED) is 0.868. The van der Waals surface area contributed by atoms with Crippen LogP contribution in [-0.4, -0.2) is 43.6 Å². The molecule has 0 N–H and O–H groups in total. The lowest BCUT2D eigenvalue weighted by Crippen LogP contribution is -2.41. The molecule has 1 aliphatic heterocycles. The van der Waals surface area contributed by atoms with Gasteiger partial charge in [0.05, 0.1) is 10.6 Å². The van der Waals surface area contributed by atoms with Crippen LogP contribution in [0.2, 0.25) is 5.02 Å². The zero-order chi connectivity index (χ0) is 14.7. The molecule has 0 saturated carbocycles. The summed E-state index contributed by atoms with van der Waals surface area (Å²) in [5.41, 5.74) is 0.545. The highest BCUT2D eigenvalue weighted by atomic mass is 35.5. The number of carbonyl (C=O) groups is 1. The van der Waals surface area contributed by atoms with Gasteiger partial charge in [0, 0.05) is 32.0 Å². The Morgan fingerprint density at radius 2 is 2.29 bits per heavy atom. The number of piperidine rings is 1. The van der Waals surface area contributed by atoms with Gasteiger partial charge in [0.1, 0.15) is 12.7 Å². The molecule has 1 saturated heterocycles. The van der Waals surface area contributed by atoms with Crippen LogP contribution in [0.15, 0.2) is 31.1 Å². The van der Waals surface area contributed by atoms with E-state index >= 15 is 0 Å². The lowest BCUT2D eigenvalue weighted by atomic mass is 9.97. The Morgan fingerprint density at radius 3 is 3.05 bits per heavy atom. The first-order chi connectivity index (χ1) is 10.2. The summed E-state index contributed by atoms with van der Waals surface area (Å²) in [5.74, 6) is 0.393. The van der Waals surface area contributed by atoms with Gasteiger partial charge in [-0.25, -0.2) is 4.98 Å². The maximum absolute atomic E-state index is 12.5. The van der Waals surface area contributed by atoms with Crippen molar-refractivity contribution in [1.29, 1.82) is 0 Å².